The first-order chi connectivity index (χ1) is 10.2. The van der Waals surface area contributed by atoms with E-state index in [1.54, 1.807) is 6.07 Å². The van der Waals surface area contributed by atoms with Crippen molar-refractivity contribution in [2.24, 2.45) is 5.84 Å². The van der Waals surface area contributed by atoms with E-state index in [2.05, 4.69) is 5.43 Å². The fourth-order valence-electron chi connectivity index (χ4n) is 2.42. The second-order valence-electron chi connectivity index (χ2n) is 4.97. The lowest BCUT2D eigenvalue weighted by molar-refractivity contribution is 0.331. The Bertz CT molecular complexity index is 601. The molecule has 0 aliphatic heterocycles. The van der Waals surface area contributed by atoms with E-state index in [0.29, 0.717) is 13.0 Å². The predicted octanol–water partition coefficient (Wildman–Crippen LogP) is 3.28. The molecule has 0 amide bonds. The van der Waals surface area contributed by atoms with Crippen molar-refractivity contribution in [1.82, 2.24) is 5.43 Å². The Morgan fingerprint density at radius 2 is 2.00 bits per heavy atom. The van der Waals surface area contributed by atoms with Gasteiger partial charge in [0.25, 0.3) is 0 Å². The molecule has 0 radical (unpaired) electrons. The van der Waals surface area contributed by atoms with Crippen LogP contribution in [0.2, 0.25) is 0 Å². The van der Waals surface area contributed by atoms with Crippen LogP contribution in [-0.4, -0.2) is 6.61 Å². The molecular formula is C17H21FN2O. The lowest BCUT2D eigenvalue weighted by Crippen LogP contribution is -2.30. The van der Waals surface area contributed by atoms with Crippen molar-refractivity contribution in [3.05, 3.63) is 65.0 Å². The smallest absolute Gasteiger partial charge is 0.124 e. The third-order valence-electron chi connectivity index (χ3n) is 3.52. The number of halogens is 1. The van der Waals surface area contributed by atoms with E-state index in [-0.39, 0.29) is 11.9 Å². The minimum absolute atomic E-state index is 0.0862. The van der Waals surface area contributed by atoms with Crippen molar-refractivity contribution in [3.63, 3.8) is 0 Å². The zero-order chi connectivity index (χ0) is 15.2. The number of para-hydroxylation sites is 1. The minimum atomic E-state index is -0.219. The van der Waals surface area contributed by atoms with Gasteiger partial charge in [0.05, 0.1) is 12.6 Å². The highest BCUT2D eigenvalue weighted by molar-refractivity contribution is 5.38. The Labute approximate surface area is 124 Å². The van der Waals surface area contributed by atoms with Crippen molar-refractivity contribution >= 4 is 0 Å². The van der Waals surface area contributed by atoms with Crippen molar-refractivity contribution < 1.29 is 9.13 Å². The third kappa shape index (κ3) is 3.80. The molecule has 1 unspecified atom stereocenters. The number of nitrogens with one attached hydrogen (secondary N) is 1. The maximum absolute atomic E-state index is 13.2. The molecule has 112 valence electrons. The first-order valence-corrected chi connectivity index (χ1v) is 7.08. The molecule has 1 atom stereocenters. The third-order valence-corrected chi connectivity index (χ3v) is 3.52. The van der Waals surface area contributed by atoms with Crippen LogP contribution in [0.1, 0.15) is 29.7 Å². The van der Waals surface area contributed by atoms with Crippen LogP contribution in [0.5, 0.6) is 5.75 Å². The summed E-state index contributed by atoms with van der Waals surface area (Å²) in [6.45, 7) is 4.45. The van der Waals surface area contributed by atoms with Crippen molar-refractivity contribution in [1.29, 1.82) is 0 Å². The number of aryl methyl sites for hydroxylation is 1. The number of hydrazine groups is 1. The van der Waals surface area contributed by atoms with Gasteiger partial charge in [0.1, 0.15) is 11.6 Å². The summed E-state index contributed by atoms with van der Waals surface area (Å²) in [5.41, 5.74) is 5.82. The number of ether oxygens (including phenoxy) is 1. The van der Waals surface area contributed by atoms with Crippen LogP contribution in [0.4, 0.5) is 4.39 Å². The summed E-state index contributed by atoms with van der Waals surface area (Å²) >= 11 is 0. The summed E-state index contributed by atoms with van der Waals surface area (Å²) in [5.74, 6) is 6.32. The highest BCUT2D eigenvalue weighted by Gasteiger charge is 2.16. The Balaban J connectivity index is 2.27. The van der Waals surface area contributed by atoms with Crippen molar-refractivity contribution in [2.45, 2.75) is 26.3 Å². The topological polar surface area (TPSA) is 47.3 Å². The zero-order valence-corrected chi connectivity index (χ0v) is 12.4. The van der Waals surface area contributed by atoms with Gasteiger partial charge in [-0.05, 0) is 49.6 Å². The largest absolute Gasteiger partial charge is 0.494 e. The van der Waals surface area contributed by atoms with Crippen LogP contribution >= 0.6 is 0 Å². The Hall–Kier alpha value is -1.91. The van der Waals surface area contributed by atoms with Gasteiger partial charge >= 0.3 is 0 Å². The molecule has 0 saturated heterocycles. The second-order valence-corrected chi connectivity index (χ2v) is 4.97. The van der Waals surface area contributed by atoms with Crippen LogP contribution in [0.15, 0.2) is 42.5 Å². The van der Waals surface area contributed by atoms with Crippen LogP contribution in [-0.2, 0) is 6.42 Å². The van der Waals surface area contributed by atoms with Crippen LogP contribution in [0.3, 0.4) is 0 Å². The van der Waals surface area contributed by atoms with Gasteiger partial charge in [0.15, 0.2) is 0 Å². The molecule has 0 aliphatic carbocycles. The summed E-state index contributed by atoms with van der Waals surface area (Å²) in [4.78, 5) is 0. The van der Waals surface area contributed by atoms with E-state index in [0.717, 1.165) is 22.4 Å². The number of hydrogen-bond acceptors (Lipinski definition) is 3. The highest BCUT2D eigenvalue weighted by Crippen LogP contribution is 2.28. The maximum Gasteiger partial charge on any atom is 0.124 e. The SMILES string of the molecule is CCOc1ccccc1C(Cc1ccc(F)cc1C)NN. The number of benzene rings is 2. The summed E-state index contributed by atoms with van der Waals surface area (Å²) in [6.07, 6.45) is 0.673. The molecule has 0 aliphatic rings. The molecular weight excluding hydrogens is 267 g/mol. The number of rotatable bonds is 6. The van der Waals surface area contributed by atoms with E-state index in [1.165, 1.54) is 12.1 Å². The molecule has 0 bridgehead atoms. The number of nitrogens with two attached hydrogens (primary N) is 1. The number of hydrogen-bond donors (Lipinski definition) is 2. The minimum Gasteiger partial charge on any atom is -0.494 e. The molecule has 0 heterocycles. The molecule has 4 heteroatoms. The standard InChI is InChI=1S/C17H21FN2O/c1-3-21-17-7-5-4-6-15(17)16(20-19)11-13-8-9-14(18)10-12(13)2/h4-10,16,20H,3,11,19H2,1-2H3. The molecule has 3 N–H and O–H groups in total. The molecule has 0 spiro atoms. The van der Waals surface area contributed by atoms with E-state index >= 15 is 0 Å². The normalized spacial score (nSPS) is 12.2. The highest BCUT2D eigenvalue weighted by atomic mass is 19.1. The fraction of sp³-hybridized carbons (Fsp3) is 0.294. The summed E-state index contributed by atoms with van der Waals surface area (Å²) in [6, 6.07) is 12.6. The summed E-state index contributed by atoms with van der Waals surface area (Å²) in [5, 5.41) is 0. The summed E-state index contributed by atoms with van der Waals surface area (Å²) in [7, 11) is 0. The van der Waals surface area contributed by atoms with Crippen LogP contribution < -0.4 is 16.0 Å². The first-order valence-electron chi connectivity index (χ1n) is 7.08. The molecule has 0 fully saturated rings. The van der Waals surface area contributed by atoms with Gasteiger partial charge in [-0.1, -0.05) is 24.3 Å². The quantitative estimate of drug-likeness (QED) is 0.633. The summed E-state index contributed by atoms with van der Waals surface area (Å²) < 4.78 is 18.8. The van der Waals surface area contributed by atoms with Crippen LogP contribution in [0.25, 0.3) is 0 Å². The van der Waals surface area contributed by atoms with Gasteiger partial charge < -0.3 is 4.74 Å². The Kier molecular flexibility index (Phi) is 5.31. The van der Waals surface area contributed by atoms with Gasteiger partial charge in [-0.25, -0.2) is 4.39 Å². The average molecular weight is 288 g/mol. The van der Waals surface area contributed by atoms with E-state index in [9.17, 15) is 4.39 Å². The molecule has 0 saturated carbocycles. The molecule has 21 heavy (non-hydrogen) atoms. The van der Waals surface area contributed by atoms with Crippen molar-refractivity contribution in [3.8, 4) is 5.75 Å². The molecule has 2 aromatic carbocycles. The lowest BCUT2D eigenvalue weighted by Gasteiger charge is -2.20. The molecule has 2 rings (SSSR count). The van der Waals surface area contributed by atoms with Gasteiger partial charge in [0.2, 0.25) is 0 Å². The Morgan fingerprint density at radius 1 is 1.24 bits per heavy atom. The lowest BCUT2D eigenvalue weighted by atomic mass is 9.96. The van der Waals surface area contributed by atoms with E-state index in [1.807, 2.05) is 38.1 Å². The molecule has 0 aromatic heterocycles. The molecule has 3 nitrogen and oxygen atoms in total. The van der Waals surface area contributed by atoms with Gasteiger partial charge in [0, 0.05) is 5.56 Å². The van der Waals surface area contributed by atoms with Crippen LogP contribution in [0, 0.1) is 12.7 Å². The van der Waals surface area contributed by atoms with Gasteiger partial charge in [-0.3, -0.25) is 11.3 Å². The predicted molar refractivity (Wildman–Crippen MR) is 82.5 cm³/mol. The average Bonchev–Trinajstić information content (AvgIpc) is 2.48. The van der Waals surface area contributed by atoms with E-state index < -0.39 is 0 Å². The van der Waals surface area contributed by atoms with E-state index in [4.69, 9.17) is 10.6 Å². The first kappa shape index (κ1) is 15.5. The Morgan fingerprint density at radius 3 is 2.67 bits per heavy atom. The molecule has 2 aromatic rings. The fourth-order valence-corrected chi connectivity index (χ4v) is 2.42. The van der Waals surface area contributed by atoms with Gasteiger partial charge in [-0.2, -0.15) is 0 Å². The van der Waals surface area contributed by atoms with Crippen molar-refractivity contribution in [2.75, 3.05) is 6.61 Å². The zero-order valence-electron chi connectivity index (χ0n) is 12.4. The second kappa shape index (κ2) is 7.20. The monoisotopic (exact) mass is 288 g/mol. The maximum atomic E-state index is 13.2. The van der Waals surface area contributed by atoms with Gasteiger partial charge in [-0.15, -0.1) is 0 Å².